The average Bonchev–Trinajstić information content (AvgIpc) is 3.78. The first-order chi connectivity index (χ1) is 33.4. The Morgan fingerprint density at radius 1 is 0.620 bits per heavy atom. The van der Waals surface area contributed by atoms with Crippen molar-refractivity contribution in [3.63, 3.8) is 0 Å². The number of hydrogen-bond donors (Lipinski definition) is 13. The second-order valence-corrected chi connectivity index (χ2v) is 18.5. The number of rotatable bonds is 31. The number of hydrogen-bond acceptors (Lipinski definition) is 12. The van der Waals surface area contributed by atoms with Crippen LogP contribution in [-0.2, 0) is 49.6 Å². The number of aliphatic imine (C=N–C) groups is 2. The fourth-order valence-corrected chi connectivity index (χ4v) is 7.75. The SMILES string of the molecule is CC(C)CC(NC(=O)C(CCCN=C(N)N)NC(=O)C(CC(C)C)NC(=O)C(CCC(N)=O)NC(=O)C1CCCN1C(=O)C(C)N)C(=O)NC(CCCN=C(N)N)C(=O)NC(Cc1ccccc1)C(=O)O. The summed E-state index contributed by atoms with van der Waals surface area (Å²) >= 11 is 0. The Labute approximate surface area is 414 Å². The van der Waals surface area contributed by atoms with Gasteiger partial charge in [-0.15, -0.1) is 0 Å². The molecular formula is C46H77N15O10. The molecular weight excluding hydrogens is 923 g/mol. The molecule has 1 aromatic rings. The van der Waals surface area contributed by atoms with Gasteiger partial charge in [-0.2, -0.15) is 0 Å². The highest BCUT2D eigenvalue weighted by atomic mass is 16.4. The third-order valence-electron chi connectivity index (χ3n) is 11.3. The van der Waals surface area contributed by atoms with Gasteiger partial charge in [-0.3, -0.25) is 48.3 Å². The molecule has 0 spiro atoms. The van der Waals surface area contributed by atoms with Crippen LogP contribution in [0.5, 0.6) is 0 Å². The van der Waals surface area contributed by atoms with E-state index in [9.17, 15) is 48.3 Å². The Balaban J connectivity index is 2.43. The van der Waals surface area contributed by atoms with Crippen LogP contribution >= 0.6 is 0 Å². The first kappa shape index (κ1) is 60.1. The zero-order chi connectivity index (χ0) is 53.4. The lowest BCUT2D eigenvalue weighted by Gasteiger charge is -2.29. The molecule has 2 rings (SSSR count). The van der Waals surface area contributed by atoms with E-state index in [2.05, 4.69) is 41.9 Å². The molecule has 19 N–H and O–H groups in total. The zero-order valence-corrected chi connectivity index (χ0v) is 41.5. The van der Waals surface area contributed by atoms with Gasteiger partial charge in [0.15, 0.2) is 11.9 Å². The summed E-state index contributed by atoms with van der Waals surface area (Å²) in [5.74, 6) is -8.03. The summed E-state index contributed by atoms with van der Waals surface area (Å²) in [5.41, 5.74) is 33.8. The molecule has 8 atom stereocenters. The van der Waals surface area contributed by atoms with Crippen LogP contribution in [0.25, 0.3) is 0 Å². The minimum absolute atomic E-state index is 0.0276. The highest BCUT2D eigenvalue weighted by molar-refractivity contribution is 5.98. The number of nitrogens with one attached hydrogen (secondary N) is 6. The van der Waals surface area contributed by atoms with Crippen molar-refractivity contribution >= 4 is 65.1 Å². The summed E-state index contributed by atoms with van der Waals surface area (Å²) in [6.07, 6.45) is 0.595. The van der Waals surface area contributed by atoms with E-state index < -0.39 is 102 Å². The largest absolute Gasteiger partial charge is 0.480 e. The number of likely N-dealkylation sites (tertiary alicyclic amines) is 1. The number of benzene rings is 1. The van der Waals surface area contributed by atoms with Crippen LogP contribution in [0.4, 0.5) is 0 Å². The number of guanidine groups is 2. The molecule has 0 saturated carbocycles. The quantitative estimate of drug-likeness (QED) is 0.0201. The molecule has 0 aromatic heterocycles. The predicted molar refractivity (Wildman–Crippen MR) is 265 cm³/mol. The Bertz CT molecular complexity index is 2030. The summed E-state index contributed by atoms with van der Waals surface area (Å²) in [6.45, 7) is 9.07. The molecule has 0 radical (unpaired) electrons. The van der Waals surface area contributed by atoms with E-state index in [1.54, 1.807) is 58.0 Å². The van der Waals surface area contributed by atoms with Crippen molar-refractivity contribution in [3.05, 3.63) is 35.9 Å². The van der Waals surface area contributed by atoms with Crippen molar-refractivity contribution in [1.29, 1.82) is 0 Å². The van der Waals surface area contributed by atoms with E-state index in [0.29, 0.717) is 18.4 Å². The average molecular weight is 1000 g/mol. The van der Waals surface area contributed by atoms with Crippen molar-refractivity contribution in [3.8, 4) is 0 Å². The van der Waals surface area contributed by atoms with Crippen molar-refractivity contribution < 1.29 is 48.3 Å². The van der Waals surface area contributed by atoms with Crippen LogP contribution in [-0.4, -0.2) is 143 Å². The molecule has 1 fully saturated rings. The standard InChI is InChI=1S/C46H77N15O10/c1-25(2)22-32(40(66)56-30(15-10-20-54-46(51)52)38(64)60-34(44(70)71)24-28-12-7-6-8-13-28)58-37(63)29(14-9-19-53-45(49)50)55-41(67)33(23-26(3)4)59-39(65)31(17-18-36(48)62)57-42(68)35-16-11-21-61(35)43(69)27(5)47/h6-8,12-13,25-27,29-35H,9-11,14-24,47H2,1-5H3,(H2,48,62)(H,55,67)(H,56,66)(H,57,68)(H,58,63)(H,59,65)(H,60,64)(H,70,71)(H4,49,50,53)(H4,51,52,54). The lowest BCUT2D eigenvalue weighted by Crippen LogP contribution is -2.60. The second kappa shape index (κ2) is 30.5. The number of carboxylic acid groups (broad SMARTS) is 1. The van der Waals surface area contributed by atoms with E-state index in [1.807, 2.05) is 0 Å². The summed E-state index contributed by atoms with van der Waals surface area (Å²) in [5, 5.41) is 25.9. The smallest absolute Gasteiger partial charge is 0.326 e. The number of carbonyl (C=O) groups is 9. The van der Waals surface area contributed by atoms with Crippen molar-refractivity contribution in [2.24, 2.45) is 56.2 Å². The van der Waals surface area contributed by atoms with Gasteiger partial charge in [0.05, 0.1) is 6.04 Å². The van der Waals surface area contributed by atoms with Gasteiger partial charge in [0.2, 0.25) is 47.3 Å². The first-order valence-corrected chi connectivity index (χ1v) is 23.9. The van der Waals surface area contributed by atoms with E-state index in [1.165, 1.54) is 11.8 Å². The van der Waals surface area contributed by atoms with E-state index in [0.717, 1.165) is 0 Å². The molecule has 8 amide bonds. The predicted octanol–water partition coefficient (Wildman–Crippen LogP) is -2.97. The molecule has 1 aromatic carbocycles. The van der Waals surface area contributed by atoms with Gasteiger partial charge < -0.3 is 76.3 Å². The Morgan fingerprint density at radius 2 is 1.04 bits per heavy atom. The molecule has 396 valence electrons. The lowest BCUT2D eigenvalue weighted by atomic mass is 9.99. The number of nitrogens with zero attached hydrogens (tertiary/aromatic N) is 3. The minimum atomic E-state index is -1.37. The molecule has 25 nitrogen and oxygen atoms in total. The molecule has 1 aliphatic heterocycles. The number of primary amides is 1. The van der Waals surface area contributed by atoms with E-state index in [4.69, 9.17) is 34.4 Å². The Hall–Kier alpha value is -7.05. The van der Waals surface area contributed by atoms with Crippen molar-refractivity contribution in [2.45, 2.75) is 154 Å². The van der Waals surface area contributed by atoms with E-state index in [-0.39, 0.29) is 101 Å². The second-order valence-electron chi connectivity index (χ2n) is 18.5. The molecule has 71 heavy (non-hydrogen) atoms. The molecule has 8 unspecified atom stereocenters. The highest BCUT2D eigenvalue weighted by Crippen LogP contribution is 2.19. The van der Waals surface area contributed by atoms with Gasteiger partial charge >= 0.3 is 5.97 Å². The summed E-state index contributed by atoms with van der Waals surface area (Å²) in [7, 11) is 0. The number of amides is 8. The van der Waals surface area contributed by atoms with Gasteiger partial charge in [-0.25, -0.2) is 4.79 Å². The summed E-state index contributed by atoms with van der Waals surface area (Å²) in [6, 6.07) is -1.13. The molecule has 0 bridgehead atoms. The fourth-order valence-electron chi connectivity index (χ4n) is 7.75. The van der Waals surface area contributed by atoms with Gasteiger partial charge in [0.25, 0.3) is 0 Å². The van der Waals surface area contributed by atoms with Gasteiger partial charge in [-0.1, -0.05) is 58.0 Å². The third kappa shape index (κ3) is 22.5. The maximum Gasteiger partial charge on any atom is 0.326 e. The normalized spacial score (nSPS) is 16.2. The lowest BCUT2D eigenvalue weighted by molar-refractivity contribution is -0.142. The first-order valence-electron chi connectivity index (χ1n) is 23.9. The number of carbonyl (C=O) groups excluding carboxylic acids is 8. The van der Waals surface area contributed by atoms with Crippen molar-refractivity contribution in [1.82, 2.24) is 36.8 Å². The number of nitrogens with two attached hydrogens (primary N) is 6. The van der Waals surface area contributed by atoms with Crippen LogP contribution in [0, 0.1) is 11.8 Å². The molecule has 1 heterocycles. The van der Waals surface area contributed by atoms with Crippen LogP contribution in [0.2, 0.25) is 0 Å². The Morgan fingerprint density at radius 3 is 1.45 bits per heavy atom. The molecule has 1 aliphatic rings. The van der Waals surface area contributed by atoms with Gasteiger partial charge in [-0.05, 0) is 82.1 Å². The van der Waals surface area contributed by atoms with Crippen molar-refractivity contribution in [2.75, 3.05) is 19.6 Å². The number of aliphatic carboxylic acids is 1. The van der Waals surface area contributed by atoms with Crippen LogP contribution < -0.4 is 66.3 Å². The molecule has 1 saturated heterocycles. The summed E-state index contributed by atoms with van der Waals surface area (Å²) in [4.78, 5) is 130. The molecule has 25 heteroatoms. The van der Waals surface area contributed by atoms with Gasteiger partial charge in [0, 0.05) is 32.5 Å². The summed E-state index contributed by atoms with van der Waals surface area (Å²) < 4.78 is 0. The maximum absolute atomic E-state index is 14.3. The van der Waals surface area contributed by atoms with Crippen LogP contribution in [0.3, 0.4) is 0 Å². The Kier molecular flexibility index (Phi) is 25.8. The monoisotopic (exact) mass is 1000 g/mol. The number of carboxylic acids is 1. The van der Waals surface area contributed by atoms with Crippen LogP contribution in [0.15, 0.2) is 40.3 Å². The van der Waals surface area contributed by atoms with Crippen LogP contribution in [0.1, 0.15) is 104 Å². The van der Waals surface area contributed by atoms with E-state index >= 15 is 0 Å². The fraction of sp³-hybridized carbons (Fsp3) is 0.630. The minimum Gasteiger partial charge on any atom is -0.480 e. The topological polar surface area (TPSA) is 430 Å². The zero-order valence-electron chi connectivity index (χ0n) is 41.5. The third-order valence-corrected chi connectivity index (χ3v) is 11.3. The van der Waals surface area contributed by atoms with Gasteiger partial charge in [0.1, 0.15) is 42.3 Å². The molecule has 0 aliphatic carbocycles. The highest BCUT2D eigenvalue weighted by Gasteiger charge is 2.38. The maximum atomic E-state index is 14.3.